The first-order valence-electron chi connectivity index (χ1n) is 5.83. The molecule has 0 saturated carbocycles. The molecule has 0 aliphatic heterocycles. The molecule has 2 rings (SSSR count). The molecule has 2 unspecified atom stereocenters. The first-order chi connectivity index (χ1) is 7.99. The van der Waals surface area contributed by atoms with Gasteiger partial charge in [0.1, 0.15) is 17.6 Å². The van der Waals surface area contributed by atoms with Crippen LogP contribution in [0.1, 0.15) is 35.9 Å². The van der Waals surface area contributed by atoms with Gasteiger partial charge in [-0.05, 0) is 45.9 Å². The van der Waals surface area contributed by atoms with E-state index in [9.17, 15) is 0 Å². The van der Waals surface area contributed by atoms with Crippen molar-refractivity contribution in [2.75, 3.05) is 0 Å². The fourth-order valence-corrected chi connectivity index (χ4v) is 2.14. The van der Waals surface area contributed by atoms with E-state index in [-0.39, 0.29) is 12.1 Å². The maximum Gasteiger partial charge on any atom is 0.130 e. The minimum atomic E-state index is -0.0569. The minimum absolute atomic E-state index is 0.0441. The van der Waals surface area contributed by atoms with Gasteiger partial charge in [-0.2, -0.15) is 5.10 Å². The zero-order valence-corrected chi connectivity index (χ0v) is 10.8. The monoisotopic (exact) mass is 233 g/mol. The van der Waals surface area contributed by atoms with Crippen LogP contribution in [-0.4, -0.2) is 15.8 Å². The van der Waals surface area contributed by atoms with Gasteiger partial charge >= 0.3 is 0 Å². The van der Waals surface area contributed by atoms with Crippen molar-refractivity contribution in [2.45, 2.75) is 39.8 Å². The lowest BCUT2D eigenvalue weighted by Gasteiger charge is -2.20. The van der Waals surface area contributed by atoms with Gasteiger partial charge in [-0.1, -0.05) is 0 Å². The molecule has 92 valence electrons. The first kappa shape index (κ1) is 11.9. The standard InChI is InChI=1S/C13H19N3O/c1-8-7-9(2)16(15-8)13(11(4)14)12-6-5-10(3)17-12/h5-7,11,13H,14H2,1-4H3. The molecule has 2 aromatic rings. The highest BCUT2D eigenvalue weighted by atomic mass is 16.3. The predicted molar refractivity (Wildman–Crippen MR) is 66.9 cm³/mol. The minimum Gasteiger partial charge on any atom is -0.464 e. The van der Waals surface area contributed by atoms with Crippen molar-refractivity contribution in [1.82, 2.24) is 9.78 Å². The maximum absolute atomic E-state index is 6.07. The Morgan fingerprint density at radius 3 is 2.41 bits per heavy atom. The molecule has 0 spiro atoms. The lowest BCUT2D eigenvalue weighted by molar-refractivity contribution is 0.355. The molecule has 4 nitrogen and oxygen atoms in total. The Kier molecular flexibility index (Phi) is 3.07. The molecule has 2 N–H and O–H groups in total. The Labute approximate surface area is 101 Å². The summed E-state index contributed by atoms with van der Waals surface area (Å²) in [4.78, 5) is 0. The molecular formula is C13H19N3O. The Balaban J connectivity index is 2.46. The van der Waals surface area contributed by atoms with E-state index in [1.165, 1.54) is 0 Å². The number of furan rings is 1. The summed E-state index contributed by atoms with van der Waals surface area (Å²) in [6.07, 6.45) is 0. The van der Waals surface area contributed by atoms with Gasteiger partial charge in [0.05, 0.1) is 5.69 Å². The molecule has 0 radical (unpaired) electrons. The smallest absolute Gasteiger partial charge is 0.130 e. The van der Waals surface area contributed by atoms with E-state index in [4.69, 9.17) is 10.2 Å². The first-order valence-corrected chi connectivity index (χ1v) is 5.83. The van der Waals surface area contributed by atoms with Crippen molar-refractivity contribution >= 4 is 0 Å². The van der Waals surface area contributed by atoms with Crippen LogP contribution < -0.4 is 5.73 Å². The zero-order valence-electron chi connectivity index (χ0n) is 10.8. The van der Waals surface area contributed by atoms with Crippen LogP contribution in [0.25, 0.3) is 0 Å². The summed E-state index contributed by atoms with van der Waals surface area (Å²) < 4.78 is 7.63. The number of aryl methyl sites for hydroxylation is 3. The maximum atomic E-state index is 6.07. The van der Waals surface area contributed by atoms with E-state index in [2.05, 4.69) is 5.10 Å². The third-order valence-corrected chi connectivity index (χ3v) is 2.86. The average Bonchev–Trinajstić information content (AvgIpc) is 2.75. The Morgan fingerprint density at radius 2 is 2.00 bits per heavy atom. The summed E-state index contributed by atoms with van der Waals surface area (Å²) in [5.41, 5.74) is 8.16. The van der Waals surface area contributed by atoms with E-state index < -0.39 is 0 Å². The van der Waals surface area contributed by atoms with Gasteiger partial charge in [0.25, 0.3) is 0 Å². The summed E-state index contributed by atoms with van der Waals surface area (Å²) in [5, 5.41) is 4.49. The molecule has 2 heterocycles. The molecule has 0 aromatic carbocycles. The number of hydrogen-bond acceptors (Lipinski definition) is 3. The highest BCUT2D eigenvalue weighted by molar-refractivity contribution is 5.16. The molecular weight excluding hydrogens is 214 g/mol. The van der Waals surface area contributed by atoms with Crippen LogP contribution in [0.3, 0.4) is 0 Å². The van der Waals surface area contributed by atoms with Crippen molar-refractivity contribution in [1.29, 1.82) is 0 Å². The average molecular weight is 233 g/mol. The van der Waals surface area contributed by atoms with Crippen LogP contribution in [0.5, 0.6) is 0 Å². The molecule has 0 aliphatic rings. The second-order valence-electron chi connectivity index (χ2n) is 4.62. The lowest BCUT2D eigenvalue weighted by atomic mass is 10.1. The van der Waals surface area contributed by atoms with E-state index >= 15 is 0 Å². The molecule has 0 aliphatic carbocycles. The molecule has 17 heavy (non-hydrogen) atoms. The molecule has 0 bridgehead atoms. The molecule has 0 amide bonds. The summed E-state index contributed by atoms with van der Waals surface area (Å²) in [6, 6.07) is 5.87. The van der Waals surface area contributed by atoms with Crippen LogP contribution in [0.15, 0.2) is 22.6 Å². The van der Waals surface area contributed by atoms with Crippen molar-refractivity contribution in [2.24, 2.45) is 5.73 Å². The number of nitrogens with two attached hydrogens (primary N) is 1. The summed E-state index contributed by atoms with van der Waals surface area (Å²) in [7, 11) is 0. The van der Waals surface area contributed by atoms with Gasteiger partial charge < -0.3 is 10.2 Å². The fraction of sp³-hybridized carbons (Fsp3) is 0.462. The van der Waals surface area contributed by atoms with Gasteiger partial charge in [-0.25, -0.2) is 0 Å². The van der Waals surface area contributed by atoms with Gasteiger partial charge in [0.2, 0.25) is 0 Å². The van der Waals surface area contributed by atoms with Crippen LogP contribution in [0, 0.1) is 20.8 Å². The zero-order chi connectivity index (χ0) is 12.6. The highest BCUT2D eigenvalue weighted by Crippen LogP contribution is 2.24. The van der Waals surface area contributed by atoms with Crippen LogP contribution in [0.2, 0.25) is 0 Å². The van der Waals surface area contributed by atoms with E-state index in [0.717, 1.165) is 22.9 Å². The Morgan fingerprint density at radius 1 is 1.29 bits per heavy atom. The van der Waals surface area contributed by atoms with Crippen molar-refractivity contribution in [3.63, 3.8) is 0 Å². The van der Waals surface area contributed by atoms with Gasteiger partial charge in [0.15, 0.2) is 0 Å². The Hall–Kier alpha value is -1.55. The van der Waals surface area contributed by atoms with Gasteiger partial charge in [-0.15, -0.1) is 0 Å². The third-order valence-electron chi connectivity index (χ3n) is 2.86. The molecule has 0 fully saturated rings. The Bertz CT molecular complexity index is 510. The van der Waals surface area contributed by atoms with Crippen LogP contribution in [0.4, 0.5) is 0 Å². The number of aromatic nitrogens is 2. The topological polar surface area (TPSA) is 57.0 Å². The quantitative estimate of drug-likeness (QED) is 0.885. The largest absolute Gasteiger partial charge is 0.464 e. The number of nitrogens with zero attached hydrogens (tertiary/aromatic N) is 2. The normalized spacial score (nSPS) is 14.9. The lowest BCUT2D eigenvalue weighted by Crippen LogP contribution is -2.31. The van der Waals surface area contributed by atoms with Crippen LogP contribution in [-0.2, 0) is 0 Å². The van der Waals surface area contributed by atoms with Gasteiger partial charge in [-0.3, -0.25) is 4.68 Å². The van der Waals surface area contributed by atoms with Crippen molar-refractivity contribution in [3.05, 3.63) is 41.1 Å². The van der Waals surface area contributed by atoms with Crippen molar-refractivity contribution < 1.29 is 4.42 Å². The third kappa shape index (κ3) is 2.26. The molecule has 2 atom stereocenters. The summed E-state index contributed by atoms with van der Waals surface area (Å²) >= 11 is 0. The highest BCUT2D eigenvalue weighted by Gasteiger charge is 2.23. The SMILES string of the molecule is Cc1cc(C)n(C(c2ccc(C)o2)C(C)N)n1. The predicted octanol–water partition coefficient (Wildman–Crippen LogP) is 2.34. The molecule has 4 heteroatoms. The second kappa shape index (κ2) is 4.37. The molecule has 2 aromatic heterocycles. The van der Waals surface area contributed by atoms with Gasteiger partial charge in [0, 0.05) is 11.7 Å². The molecule has 0 saturated heterocycles. The number of rotatable bonds is 3. The second-order valence-corrected chi connectivity index (χ2v) is 4.62. The fourth-order valence-electron chi connectivity index (χ4n) is 2.14. The van der Waals surface area contributed by atoms with E-state index in [1.807, 2.05) is 50.6 Å². The van der Waals surface area contributed by atoms with Crippen LogP contribution >= 0.6 is 0 Å². The summed E-state index contributed by atoms with van der Waals surface area (Å²) in [5.74, 6) is 1.76. The number of hydrogen-bond donors (Lipinski definition) is 1. The summed E-state index contributed by atoms with van der Waals surface area (Å²) in [6.45, 7) is 7.92. The van der Waals surface area contributed by atoms with E-state index in [0.29, 0.717) is 0 Å². The van der Waals surface area contributed by atoms with Crippen molar-refractivity contribution in [3.8, 4) is 0 Å². The van der Waals surface area contributed by atoms with E-state index in [1.54, 1.807) is 0 Å².